The van der Waals surface area contributed by atoms with Crippen LogP contribution in [0.4, 0.5) is 13.2 Å². The molecule has 11 heteroatoms. The lowest BCUT2D eigenvalue weighted by Gasteiger charge is -2.48. The number of halogens is 4. The molecule has 174 valence electrons. The quantitative estimate of drug-likeness (QED) is 0.636. The fourth-order valence-electron chi connectivity index (χ4n) is 4.88. The summed E-state index contributed by atoms with van der Waals surface area (Å²) in [5.74, 6) is -1.29. The zero-order valence-electron chi connectivity index (χ0n) is 17.1. The van der Waals surface area contributed by atoms with E-state index in [1.54, 1.807) is 0 Å². The zero-order valence-corrected chi connectivity index (χ0v) is 17.9. The number of fused-ring (bicyclic) bond motifs is 1. The van der Waals surface area contributed by atoms with Crippen molar-refractivity contribution in [2.45, 2.75) is 56.2 Å². The maximum Gasteiger partial charge on any atom is 0.388 e. The van der Waals surface area contributed by atoms with Crippen molar-refractivity contribution in [3.8, 4) is 5.75 Å². The van der Waals surface area contributed by atoms with Gasteiger partial charge in [-0.2, -0.15) is 8.78 Å². The Hall–Kier alpha value is -2.49. The summed E-state index contributed by atoms with van der Waals surface area (Å²) < 4.78 is 47.6. The molecule has 2 N–H and O–H groups in total. The summed E-state index contributed by atoms with van der Waals surface area (Å²) in [5.41, 5.74) is -0.754. The normalized spacial score (nSPS) is 28.5. The van der Waals surface area contributed by atoms with Crippen molar-refractivity contribution in [2.75, 3.05) is 13.2 Å². The van der Waals surface area contributed by atoms with Gasteiger partial charge in [-0.25, -0.2) is 4.39 Å². The molecule has 2 bridgehead atoms. The number of aliphatic imine (C=N–C) groups is 1. The van der Waals surface area contributed by atoms with Gasteiger partial charge in [-0.15, -0.1) is 0 Å². The van der Waals surface area contributed by atoms with Crippen LogP contribution in [0.2, 0.25) is 5.02 Å². The van der Waals surface area contributed by atoms with Crippen LogP contribution in [0.5, 0.6) is 5.75 Å². The number of hydrogen-bond acceptors (Lipinski definition) is 5. The third kappa shape index (κ3) is 4.95. The van der Waals surface area contributed by atoms with Crippen LogP contribution in [0.1, 0.15) is 38.5 Å². The Balaban J connectivity index is 1.22. The highest BCUT2D eigenvalue weighted by Gasteiger charge is 2.62. The number of benzene rings is 1. The average molecular weight is 474 g/mol. The Bertz CT molecular complexity index is 937. The summed E-state index contributed by atoms with van der Waals surface area (Å²) in [5, 5.41) is 6.03. The van der Waals surface area contributed by atoms with Gasteiger partial charge in [0.1, 0.15) is 11.6 Å². The van der Waals surface area contributed by atoms with Gasteiger partial charge < -0.3 is 20.1 Å². The highest BCUT2D eigenvalue weighted by atomic mass is 35.5. The second-order valence-electron chi connectivity index (χ2n) is 8.66. The van der Waals surface area contributed by atoms with Gasteiger partial charge in [0.2, 0.25) is 5.91 Å². The number of nitrogens with zero attached hydrogens (tertiary/aromatic N) is 1. The molecule has 1 aromatic rings. The Labute approximate surface area is 187 Å². The van der Waals surface area contributed by atoms with E-state index in [4.69, 9.17) is 16.3 Å². The van der Waals surface area contributed by atoms with E-state index in [-0.39, 0.29) is 65.1 Å². The van der Waals surface area contributed by atoms with Gasteiger partial charge in [0, 0.05) is 23.6 Å². The van der Waals surface area contributed by atoms with Gasteiger partial charge in [0.05, 0.1) is 17.5 Å². The predicted octanol–water partition coefficient (Wildman–Crippen LogP) is 3.20. The SMILES string of the molecule is O=C(COc1ccc(Cl)c(F)c1)NC12CCC(NC(=O)C3CCC(OC(F)F)=NC3)(C1)C2. The van der Waals surface area contributed by atoms with Crippen LogP contribution in [0.25, 0.3) is 0 Å². The molecule has 0 saturated heterocycles. The number of ether oxygens (including phenoxy) is 2. The van der Waals surface area contributed by atoms with Crippen molar-refractivity contribution in [3.63, 3.8) is 0 Å². The van der Waals surface area contributed by atoms with E-state index in [9.17, 15) is 22.8 Å². The second kappa shape index (κ2) is 8.80. The lowest BCUT2D eigenvalue weighted by atomic mass is 9.70. The van der Waals surface area contributed by atoms with Crippen molar-refractivity contribution in [1.29, 1.82) is 0 Å². The van der Waals surface area contributed by atoms with Crippen LogP contribution in [-0.4, -0.2) is 48.6 Å². The largest absolute Gasteiger partial charge is 0.484 e. The van der Waals surface area contributed by atoms with Gasteiger partial charge in [-0.05, 0) is 44.2 Å². The van der Waals surface area contributed by atoms with Crippen LogP contribution >= 0.6 is 11.6 Å². The molecule has 1 aromatic carbocycles. The Morgan fingerprint density at radius 2 is 1.94 bits per heavy atom. The minimum atomic E-state index is -2.91. The number of nitrogens with one attached hydrogen (secondary N) is 2. The van der Waals surface area contributed by atoms with Crippen LogP contribution in [0, 0.1) is 11.7 Å². The molecule has 5 rings (SSSR count). The van der Waals surface area contributed by atoms with E-state index in [1.165, 1.54) is 12.1 Å². The van der Waals surface area contributed by atoms with E-state index in [0.29, 0.717) is 19.3 Å². The Morgan fingerprint density at radius 1 is 1.22 bits per heavy atom. The zero-order chi connectivity index (χ0) is 22.9. The summed E-state index contributed by atoms with van der Waals surface area (Å²) in [4.78, 5) is 28.9. The van der Waals surface area contributed by atoms with Crippen molar-refractivity contribution >= 4 is 29.3 Å². The first kappa shape index (κ1) is 22.7. The minimum absolute atomic E-state index is 0.0167. The van der Waals surface area contributed by atoms with Gasteiger partial charge in [0.25, 0.3) is 5.91 Å². The van der Waals surface area contributed by atoms with Crippen LogP contribution < -0.4 is 15.4 Å². The molecule has 1 heterocycles. The summed E-state index contributed by atoms with van der Waals surface area (Å²) in [6, 6.07) is 3.95. The van der Waals surface area contributed by atoms with Crippen molar-refractivity contribution < 1.29 is 32.2 Å². The van der Waals surface area contributed by atoms with Gasteiger partial charge in [0.15, 0.2) is 12.5 Å². The third-order valence-corrected chi connectivity index (χ3v) is 6.59. The number of amides is 2. The standard InChI is InChI=1S/C21H23ClF3N3O4/c22-14-3-2-13(7-15(14)23)31-9-16(29)27-20-5-6-21(10-20,11-20)28-18(30)12-1-4-17(26-8-12)32-19(24)25/h2-3,7,12,19H,1,4-6,8-11H2,(H,27,29)(H,28,30). The predicted molar refractivity (Wildman–Crippen MR) is 109 cm³/mol. The summed E-state index contributed by atoms with van der Waals surface area (Å²) >= 11 is 5.62. The number of hydrogen-bond donors (Lipinski definition) is 2. The smallest absolute Gasteiger partial charge is 0.388 e. The third-order valence-electron chi connectivity index (χ3n) is 6.28. The number of carbonyl (C=O) groups is 2. The Morgan fingerprint density at radius 3 is 2.56 bits per heavy atom. The van der Waals surface area contributed by atoms with Gasteiger partial charge in [-0.3, -0.25) is 14.6 Å². The highest BCUT2D eigenvalue weighted by molar-refractivity contribution is 6.30. The molecule has 0 radical (unpaired) electrons. The molecule has 0 aromatic heterocycles. The molecular weight excluding hydrogens is 451 g/mol. The van der Waals surface area contributed by atoms with E-state index in [2.05, 4.69) is 20.4 Å². The molecule has 32 heavy (non-hydrogen) atoms. The van der Waals surface area contributed by atoms with E-state index in [1.807, 2.05) is 0 Å². The second-order valence-corrected chi connectivity index (χ2v) is 9.07. The van der Waals surface area contributed by atoms with Crippen LogP contribution in [0.15, 0.2) is 23.2 Å². The lowest BCUT2D eigenvalue weighted by molar-refractivity contribution is -0.129. The molecule has 3 aliphatic carbocycles. The fourth-order valence-corrected chi connectivity index (χ4v) is 5.00. The molecule has 1 aliphatic heterocycles. The van der Waals surface area contributed by atoms with Crippen molar-refractivity contribution in [3.05, 3.63) is 29.0 Å². The van der Waals surface area contributed by atoms with Crippen molar-refractivity contribution in [1.82, 2.24) is 10.6 Å². The molecule has 3 fully saturated rings. The molecule has 4 aliphatic rings. The van der Waals surface area contributed by atoms with Crippen LogP contribution in [0.3, 0.4) is 0 Å². The van der Waals surface area contributed by atoms with E-state index in [0.717, 1.165) is 18.9 Å². The maximum atomic E-state index is 13.5. The van der Waals surface area contributed by atoms with Gasteiger partial charge in [-0.1, -0.05) is 11.6 Å². The van der Waals surface area contributed by atoms with Crippen LogP contribution in [-0.2, 0) is 14.3 Å². The monoisotopic (exact) mass is 473 g/mol. The highest BCUT2D eigenvalue weighted by Crippen LogP contribution is 2.55. The number of alkyl halides is 2. The van der Waals surface area contributed by atoms with Gasteiger partial charge >= 0.3 is 6.61 Å². The maximum absolute atomic E-state index is 13.5. The Kier molecular flexibility index (Phi) is 6.24. The topological polar surface area (TPSA) is 89.0 Å². The number of rotatable bonds is 7. The molecule has 7 nitrogen and oxygen atoms in total. The molecule has 2 amide bonds. The van der Waals surface area contributed by atoms with E-state index < -0.39 is 12.4 Å². The average Bonchev–Trinajstić information content (AvgIpc) is 3.23. The fraction of sp³-hybridized carbons (Fsp3) is 0.571. The van der Waals surface area contributed by atoms with E-state index >= 15 is 0 Å². The molecule has 1 atom stereocenters. The summed E-state index contributed by atoms with van der Waals surface area (Å²) in [7, 11) is 0. The lowest BCUT2D eigenvalue weighted by Crippen LogP contribution is -2.65. The first-order valence-electron chi connectivity index (χ1n) is 10.4. The summed E-state index contributed by atoms with van der Waals surface area (Å²) in [6.45, 7) is -3.05. The first-order valence-corrected chi connectivity index (χ1v) is 10.7. The molecular formula is C21H23ClF3N3O4. The minimum Gasteiger partial charge on any atom is -0.484 e. The molecule has 0 spiro atoms. The molecule has 3 saturated carbocycles. The molecule has 1 unspecified atom stereocenters. The van der Waals surface area contributed by atoms with Crippen molar-refractivity contribution in [2.24, 2.45) is 10.9 Å². The summed E-state index contributed by atoms with van der Waals surface area (Å²) in [6.07, 6.45) is 3.29. The number of carbonyl (C=O) groups excluding carboxylic acids is 2. The first-order chi connectivity index (χ1) is 15.2.